The summed E-state index contributed by atoms with van der Waals surface area (Å²) in [5.41, 5.74) is -0.496. The fraction of sp³-hybridized carbons (Fsp3) is 0.850. The van der Waals surface area contributed by atoms with Gasteiger partial charge in [-0.1, -0.05) is 0 Å². The third kappa shape index (κ3) is 7.28. The molecule has 2 aliphatic rings. The van der Waals surface area contributed by atoms with Crippen LogP contribution in [0.3, 0.4) is 0 Å². The molecule has 9 heteroatoms. The predicted octanol–water partition coefficient (Wildman–Crippen LogP) is 1.62. The van der Waals surface area contributed by atoms with Gasteiger partial charge in [0.25, 0.3) is 0 Å². The zero-order valence-corrected chi connectivity index (χ0v) is 19.5. The quantitative estimate of drug-likeness (QED) is 0.381. The van der Waals surface area contributed by atoms with E-state index in [9.17, 15) is 9.59 Å². The molecule has 2 rings (SSSR count). The van der Waals surface area contributed by atoms with Crippen LogP contribution in [-0.4, -0.2) is 91.7 Å². The number of likely N-dealkylation sites (N-methyl/N-ethyl adjacent to an activating group) is 1. The highest BCUT2D eigenvalue weighted by molar-refractivity contribution is 7.98. The van der Waals surface area contributed by atoms with E-state index in [4.69, 9.17) is 4.74 Å². The summed E-state index contributed by atoms with van der Waals surface area (Å²) in [6.07, 6.45) is 3.79. The van der Waals surface area contributed by atoms with E-state index in [0.717, 1.165) is 44.2 Å². The lowest BCUT2D eigenvalue weighted by molar-refractivity contribution is -0.127. The third-order valence-corrected chi connectivity index (χ3v) is 5.92. The number of nitrogens with zero attached hydrogens (tertiary/aromatic N) is 3. The van der Waals surface area contributed by atoms with Crippen molar-refractivity contribution in [1.82, 2.24) is 20.4 Å². The summed E-state index contributed by atoms with van der Waals surface area (Å²) in [6, 6.07) is 0.121. The summed E-state index contributed by atoms with van der Waals surface area (Å²) in [5, 5.41) is 6.48. The fourth-order valence-corrected chi connectivity index (χ4v) is 4.20. The Bertz CT molecular complexity index is 605. The minimum atomic E-state index is -0.496. The van der Waals surface area contributed by atoms with Crippen molar-refractivity contribution in [3.05, 3.63) is 0 Å². The Morgan fingerprint density at radius 1 is 1.24 bits per heavy atom. The van der Waals surface area contributed by atoms with Gasteiger partial charge < -0.3 is 25.2 Å². The van der Waals surface area contributed by atoms with Crippen LogP contribution in [0.15, 0.2) is 4.99 Å². The lowest BCUT2D eigenvalue weighted by Gasteiger charge is -2.26. The van der Waals surface area contributed by atoms with Crippen LogP contribution in [0.1, 0.15) is 33.6 Å². The number of fused-ring (bicyclic) bond motifs is 1. The van der Waals surface area contributed by atoms with Crippen molar-refractivity contribution in [3.63, 3.8) is 0 Å². The SMILES string of the molecule is CSCCNC(=NCC(=O)N(C)C)N1CC2CCC(NC(=O)OC(C)(C)C)C2C1. The van der Waals surface area contributed by atoms with E-state index in [1.54, 1.807) is 30.8 Å². The lowest BCUT2D eigenvalue weighted by atomic mass is 9.98. The largest absolute Gasteiger partial charge is 0.444 e. The van der Waals surface area contributed by atoms with Crippen molar-refractivity contribution >= 4 is 29.7 Å². The van der Waals surface area contributed by atoms with Gasteiger partial charge in [0.05, 0.1) is 0 Å². The summed E-state index contributed by atoms with van der Waals surface area (Å²) in [4.78, 5) is 32.6. The molecule has 1 aliphatic carbocycles. The van der Waals surface area contributed by atoms with Crippen LogP contribution in [0, 0.1) is 11.8 Å². The Hall–Kier alpha value is -1.64. The Morgan fingerprint density at radius 3 is 2.59 bits per heavy atom. The average molecular weight is 428 g/mol. The van der Waals surface area contributed by atoms with Crippen LogP contribution in [0.5, 0.6) is 0 Å². The molecule has 8 nitrogen and oxygen atoms in total. The van der Waals surface area contributed by atoms with Gasteiger partial charge in [-0.3, -0.25) is 4.79 Å². The van der Waals surface area contributed by atoms with Crippen LogP contribution < -0.4 is 10.6 Å². The lowest BCUT2D eigenvalue weighted by Crippen LogP contribution is -2.45. The van der Waals surface area contributed by atoms with Crippen molar-refractivity contribution in [3.8, 4) is 0 Å². The summed E-state index contributed by atoms with van der Waals surface area (Å²) < 4.78 is 5.43. The van der Waals surface area contributed by atoms with Crippen molar-refractivity contribution < 1.29 is 14.3 Å². The fourth-order valence-electron chi connectivity index (χ4n) is 3.89. The molecule has 1 heterocycles. The predicted molar refractivity (Wildman–Crippen MR) is 118 cm³/mol. The number of alkyl carbamates (subject to hydrolysis) is 1. The molecule has 1 saturated heterocycles. The van der Waals surface area contributed by atoms with E-state index in [1.807, 2.05) is 20.8 Å². The second-order valence-electron chi connectivity index (χ2n) is 9.01. The highest BCUT2D eigenvalue weighted by atomic mass is 32.2. The van der Waals surface area contributed by atoms with E-state index in [2.05, 4.69) is 26.8 Å². The van der Waals surface area contributed by atoms with Gasteiger partial charge in [0, 0.05) is 51.4 Å². The second-order valence-corrected chi connectivity index (χ2v) is 9.99. The number of nitrogens with one attached hydrogen (secondary N) is 2. The number of likely N-dealkylation sites (tertiary alicyclic amines) is 1. The maximum absolute atomic E-state index is 12.2. The molecule has 2 amide bonds. The number of ether oxygens (including phenoxy) is 1. The van der Waals surface area contributed by atoms with Gasteiger partial charge in [-0.25, -0.2) is 9.79 Å². The molecular formula is C20H37N5O3S. The van der Waals surface area contributed by atoms with Gasteiger partial charge in [-0.05, 0) is 45.8 Å². The minimum absolute atomic E-state index is 0.0157. The molecule has 1 saturated carbocycles. The van der Waals surface area contributed by atoms with Crippen LogP contribution in [0.2, 0.25) is 0 Å². The second kappa shape index (κ2) is 10.4. The van der Waals surface area contributed by atoms with E-state index in [-0.39, 0.29) is 24.6 Å². The van der Waals surface area contributed by atoms with Crippen LogP contribution >= 0.6 is 11.8 Å². The molecule has 0 aromatic heterocycles. The van der Waals surface area contributed by atoms with E-state index in [0.29, 0.717) is 11.8 Å². The number of thioether (sulfide) groups is 1. The topological polar surface area (TPSA) is 86.3 Å². The Balaban J connectivity index is 1.99. The van der Waals surface area contributed by atoms with Gasteiger partial charge in [-0.15, -0.1) is 0 Å². The number of carbonyl (C=O) groups excluding carboxylic acids is 2. The van der Waals surface area contributed by atoms with E-state index >= 15 is 0 Å². The summed E-state index contributed by atoms with van der Waals surface area (Å²) in [6.45, 7) is 8.30. The highest BCUT2D eigenvalue weighted by Gasteiger charge is 2.44. The van der Waals surface area contributed by atoms with Crippen molar-refractivity contribution in [1.29, 1.82) is 0 Å². The third-order valence-electron chi connectivity index (χ3n) is 5.31. The normalized spacial score (nSPS) is 24.3. The first-order valence-electron chi connectivity index (χ1n) is 10.3. The number of aliphatic imine (C=N–C) groups is 1. The molecule has 2 fully saturated rings. The van der Waals surface area contributed by atoms with Crippen molar-refractivity contribution in [2.24, 2.45) is 16.8 Å². The number of carbonyl (C=O) groups is 2. The zero-order chi connectivity index (χ0) is 21.6. The van der Waals surface area contributed by atoms with Crippen LogP contribution in [-0.2, 0) is 9.53 Å². The maximum Gasteiger partial charge on any atom is 0.407 e. The summed E-state index contributed by atoms with van der Waals surface area (Å²) >= 11 is 1.77. The Labute approximate surface area is 179 Å². The molecule has 1 aliphatic heterocycles. The summed E-state index contributed by atoms with van der Waals surface area (Å²) in [5.74, 6) is 2.65. The maximum atomic E-state index is 12.2. The number of guanidine groups is 1. The number of amides is 2. The molecule has 3 atom stereocenters. The Morgan fingerprint density at radius 2 is 1.97 bits per heavy atom. The molecular weight excluding hydrogens is 390 g/mol. The standard InChI is InChI=1S/C20H37N5O3S/c1-20(2,3)28-19(27)23-16-8-7-14-12-25(13-15(14)16)18(21-9-10-29-6)22-11-17(26)24(4)5/h14-16H,7-13H2,1-6H3,(H,21,22)(H,23,27). The molecule has 3 unspecified atom stereocenters. The zero-order valence-electron chi connectivity index (χ0n) is 18.7. The van der Waals surface area contributed by atoms with Crippen LogP contribution in [0.25, 0.3) is 0 Å². The van der Waals surface area contributed by atoms with E-state index < -0.39 is 5.60 Å². The van der Waals surface area contributed by atoms with Crippen LogP contribution in [0.4, 0.5) is 4.79 Å². The van der Waals surface area contributed by atoms with Gasteiger partial charge in [-0.2, -0.15) is 11.8 Å². The molecule has 0 aromatic rings. The first kappa shape index (κ1) is 23.6. The van der Waals surface area contributed by atoms with Crippen molar-refractivity contribution in [2.45, 2.75) is 45.3 Å². The first-order chi connectivity index (χ1) is 13.6. The molecule has 0 aromatic carbocycles. The van der Waals surface area contributed by atoms with Gasteiger partial charge in [0.15, 0.2) is 5.96 Å². The average Bonchev–Trinajstić information content (AvgIpc) is 3.18. The first-order valence-corrected chi connectivity index (χ1v) is 11.7. The smallest absolute Gasteiger partial charge is 0.407 e. The number of hydrogen-bond acceptors (Lipinski definition) is 5. The molecule has 0 radical (unpaired) electrons. The van der Waals surface area contributed by atoms with Gasteiger partial charge >= 0.3 is 6.09 Å². The molecule has 0 bridgehead atoms. The van der Waals surface area contributed by atoms with Gasteiger partial charge in [0.1, 0.15) is 12.1 Å². The van der Waals surface area contributed by atoms with Gasteiger partial charge in [0.2, 0.25) is 5.91 Å². The minimum Gasteiger partial charge on any atom is -0.444 e. The number of rotatable bonds is 6. The summed E-state index contributed by atoms with van der Waals surface area (Å²) in [7, 11) is 3.48. The monoisotopic (exact) mass is 427 g/mol. The van der Waals surface area contributed by atoms with Crippen molar-refractivity contribution in [2.75, 3.05) is 52.3 Å². The molecule has 2 N–H and O–H groups in total. The highest BCUT2D eigenvalue weighted by Crippen LogP contribution is 2.38. The molecule has 0 spiro atoms. The van der Waals surface area contributed by atoms with E-state index in [1.165, 1.54) is 0 Å². The molecule has 29 heavy (non-hydrogen) atoms. The Kier molecular flexibility index (Phi) is 8.48. The molecule has 166 valence electrons. The number of hydrogen-bond donors (Lipinski definition) is 2.